The number of amides is 1. The Labute approximate surface area is 138 Å². The van der Waals surface area contributed by atoms with E-state index in [4.69, 9.17) is 10.5 Å². The molecular formula is C18H16N2O2S. The van der Waals surface area contributed by atoms with E-state index in [0.717, 1.165) is 16.9 Å². The highest BCUT2D eigenvalue weighted by Gasteiger charge is 2.16. The van der Waals surface area contributed by atoms with Crippen molar-refractivity contribution in [3.05, 3.63) is 71.4 Å². The Hall–Kier alpha value is -2.66. The van der Waals surface area contributed by atoms with Crippen molar-refractivity contribution in [1.29, 1.82) is 0 Å². The highest BCUT2D eigenvalue weighted by Crippen LogP contribution is 2.35. The first-order valence-electron chi connectivity index (χ1n) is 7.25. The first-order valence-corrected chi connectivity index (χ1v) is 8.06. The molecule has 2 aromatic heterocycles. The molecule has 1 aromatic carbocycles. The molecule has 5 heteroatoms. The standard InChI is InChI=1S/C18H16N2O2S/c19-18(21)17-15(22-11-8-13-4-2-1-3-5-13)12-16(23-17)14-6-9-20-10-7-14/h1-7,9-10,12H,8,11H2,(H2,19,21). The number of ether oxygens (including phenoxy) is 1. The zero-order chi connectivity index (χ0) is 16.1. The Balaban J connectivity index is 1.75. The van der Waals surface area contributed by atoms with E-state index in [1.807, 2.05) is 48.5 Å². The van der Waals surface area contributed by atoms with Gasteiger partial charge in [-0.15, -0.1) is 11.3 Å². The Morgan fingerprint density at radius 3 is 2.57 bits per heavy atom. The SMILES string of the molecule is NC(=O)c1sc(-c2ccncc2)cc1OCCc1ccccc1. The summed E-state index contributed by atoms with van der Waals surface area (Å²) in [5.41, 5.74) is 7.65. The summed E-state index contributed by atoms with van der Waals surface area (Å²) >= 11 is 1.34. The topological polar surface area (TPSA) is 65.2 Å². The van der Waals surface area contributed by atoms with Crippen LogP contribution in [0.15, 0.2) is 60.9 Å². The van der Waals surface area contributed by atoms with Gasteiger partial charge in [0.1, 0.15) is 10.6 Å². The highest BCUT2D eigenvalue weighted by atomic mass is 32.1. The van der Waals surface area contributed by atoms with Gasteiger partial charge in [-0.3, -0.25) is 9.78 Å². The second-order valence-corrected chi connectivity index (χ2v) is 6.04. The number of hydrogen-bond donors (Lipinski definition) is 1. The van der Waals surface area contributed by atoms with E-state index < -0.39 is 5.91 Å². The molecule has 2 heterocycles. The summed E-state index contributed by atoms with van der Waals surface area (Å²) in [4.78, 5) is 17.0. The van der Waals surface area contributed by atoms with Crippen LogP contribution in [0.2, 0.25) is 0 Å². The van der Waals surface area contributed by atoms with Crippen LogP contribution in [-0.4, -0.2) is 17.5 Å². The summed E-state index contributed by atoms with van der Waals surface area (Å²) in [5.74, 6) is 0.0789. The van der Waals surface area contributed by atoms with Crippen molar-refractivity contribution in [2.75, 3.05) is 6.61 Å². The van der Waals surface area contributed by atoms with Gasteiger partial charge in [-0.1, -0.05) is 30.3 Å². The molecule has 0 spiro atoms. The lowest BCUT2D eigenvalue weighted by Gasteiger charge is -2.05. The molecule has 1 amide bonds. The quantitative estimate of drug-likeness (QED) is 0.754. The monoisotopic (exact) mass is 324 g/mol. The minimum absolute atomic E-state index is 0.449. The van der Waals surface area contributed by atoms with Crippen molar-refractivity contribution in [2.24, 2.45) is 5.73 Å². The van der Waals surface area contributed by atoms with Gasteiger partial charge in [0.05, 0.1) is 6.61 Å². The molecule has 0 saturated heterocycles. The van der Waals surface area contributed by atoms with Crippen LogP contribution in [0.4, 0.5) is 0 Å². The Kier molecular flexibility index (Phi) is 4.68. The number of nitrogens with zero attached hydrogens (tertiary/aromatic N) is 1. The second-order valence-electron chi connectivity index (χ2n) is 4.99. The van der Waals surface area contributed by atoms with E-state index in [9.17, 15) is 4.79 Å². The van der Waals surface area contributed by atoms with Crippen LogP contribution < -0.4 is 10.5 Å². The molecule has 4 nitrogen and oxygen atoms in total. The lowest BCUT2D eigenvalue weighted by atomic mass is 10.2. The smallest absolute Gasteiger partial charge is 0.262 e. The third kappa shape index (κ3) is 3.76. The molecule has 0 radical (unpaired) electrons. The van der Waals surface area contributed by atoms with Gasteiger partial charge in [0.2, 0.25) is 0 Å². The number of rotatable bonds is 6. The van der Waals surface area contributed by atoms with Crippen LogP contribution in [0.1, 0.15) is 15.2 Å². The lowest BCUT2D eigenvalue weighted by Crippen LogP contribution is -2.11. The van der Waals surface area contributed by atoms with Crippen molar-refractivity contribution in [3.8, 4) is 16.2 Å². The molecule has 0 saturated carbocycles. The fourth-order valence-electron chi connectivity index (χ4n) is 2.24. The summed E-state index contributed by atoms with van der Waals surface area (Å²) in [6, 6.07) is 15.7. The number of carbonyl (C=O) groups excluding carboxylic acids is 1. The number of benzene rings is 1. The van der Waals surface area contributed by atoms with Crippen molar-refractivity contribution >= 4 is 17.2 Å². The maximum absolute atomic E-state index is 11.6. The van der Waals surface area contributed by atoms with Crippen LogP contribution >= 0.6 is 11.3 Å². The van der Waals surface area contributed by atoms with Gasteiger partial charge >= 0.3 is 0 Å². The fraction of sp³-hybridized carbons (Fsp3) is 0.111. The summed E-state index contributed by atoms with van der Waals surface area (Å²) in [5, 5.41) is 0. The van der Waals surface area contributed by atoms with Crippen LogP contribution in [0.5, 0.6) is 5.75 Å². The Bertz CT molecular complexity index is 785. The molecule has 2 N–H and O–H groups in total. The summed E-state index contributed by atoms with van der Waals surface area (Å²) in [6.45, 7) is 0.497. The number of pyridine rings is 1. The number of carbonyl (C=O) groups is 1. The first kappa shape index (κ1) is 15.2. The number of aromatic nitrogens is 1. The minimum Gasteiger partial charge on any atom is -0.491 e. The molecule has 0 bridgehead atoms. The molecule has 0 unspecified atom stereocenters. The van der Waals surface area contributed by atoms with Crippen LogP contribution in [0, 0.1) is 0 Å². The zero-order valence-corrected chi connectivity index (χ0v) is 13.3. The molecular weight excluding hydrogens is 308 g/mol. The van der Waals surface area contributed by atoms with Crippen molar-refractivity contribution in [2.45, 2.75) is 6.42 Å². The van der Waals surface area contributed by atoms with E-state index in [1.54, 1.807) is 12.4 Å². The number of primary amides is 1. The molecule has 0 aliphatic rings. The number of hydrogen-bond acceptors (Lipinski definition) is 4. The molecule has 23 heavy (non-hydrogen) atoms. The molecule has 0 aliphatic carbocycles. The van der Waals surface area contributed by atoms with Crippen LogP contribution in [-0.2, 0) is 6.42 Å². The van der Waals surface area contributed by atoms with Crippen LogP contribution in [0.3, 0.4) is 0 Å². The average molecular weight is 324 g/mol. The van der Waals surface area contributed by atoms with Crippen molar-refractivity contribution in [1.82, 2.24) is 4.98 Å². The molecule has 0 atom stereocenters. The van der Waals surface area contributed by atoms with Gasteiger partial charge in [0.15, 0.2) is 0 Å². The van der Waals surface area contributed by atoms with E-state index in [0.29, 0.717) is 17.2 Å². The average Bonchev–Trinajstić information content (AvgIpc) is 3.01. The molecule has 0 aliphatic heterocycles. The van der Waals surface area contributed by atoms with Crippen molar-refractivity contribution < 1.29 is 9.53 Å². The van der Waals surface area contributed by atoms with Gasteiger partial charge in [-0.05, 0) is 29.3 Å². The number of nitrogens with two attached hydrogens (primary N) is 1. The maximum atomic E-state index is 11.6. The van der Waals surface area contributed by atoms with E-state index in [2.05, 4.69) is 4.98 Å². The van der Waals surface area contributed by atoms with Gasteiger partial charge < -0.3 is 10.5 Å². The zero-order valence-electron chi connectivity index (χ0n) is 12.4. The lowest BCUT2D eigenvalue weighted by molar-refractivity contribution is 0.100. The van der Waals surface area contributed by atoms with Gasteiger partial charge in [-0.2, -0.15) is 0 Å². The molecule has 3 rings (SSSR count). The summed E-state index contributed by atoms with van der Waals surface area (Å²) in [6.07, 6.45) is 4.21. The predicted molar refractivity (Wildman–Crippen MR) is 91.7 cm³/mol. The number of thiophene rings is 1. The van der Waals surface area contributed by atoms with E-state index in [1.165, 1.54) is 16.9 Å². The minimum atomic E-state index is -0.468. The molecule has 3 aromatic rings. The predicted octanol–water partition coefficient (Wildman–Crippen LogP) is 3.53. The third-order valence-corrected chi connectivity index (χ3v) is 4.56. The molecule has 0 fully saturated rings. The van der Waals surface area contributed by atoms with Gasteiger partial charge in [-0.25, -0.2) is 0 Å². The Morgan fingerprint density at radius 2 is 1.87 bits per heavy atom. The maximum Gasteiger partial charge on any atom is 0.262 e. The van der Waals surface area contributed by atoms with Crippen LogP contribution in [0.25, 0.3) is 10.4 Å². The first-order chi connectivity index (χ1) is 11.2. The summed E-state index contributed by atoms with van der Waals surface area (Å²) < 4.78 is 5.80. The summed E-state index contributed by atoms with van der Waals surface area (Å²) in [7, 11) is 0. The normalized spacial score (nSPS) is 10.4. The Morgan fingerprint density at radius 1 is 1.13 bits per heavy atom. The third-order valence-electron chi connectivity index (χ3n) is 3.38. The van der Waals surface area contributed by atoms with Crippen molar-refractivity contribution in [3.63, 3.8) is 0 Å². The fourth-order valence-corrected chi connectivity index (χ4v) is 3.19. The highest BCUT2D eigenvalue weighted by molar-refractivity contribution is 7.17. The largest absolute Gasteiger partial charge is 0.491 e. The second kappa shape index (κ2) is 7.07. The van der Waals surface area contributed by atoms with Gasteiger partial charge in [0, 0.05) is 23.7 Å². The van der Waals surface area contributed by atoms with Gasteiger partial charge in [0.25, 0.3) is 5.91 Å². The van der Waals surface area contributed by atoms with E-state index >= 15 is 0 Å². The van der Waals surface area contributed by atoms with E-state index in [-0.39, 0.29) is 0 Å². The molecule has 116 valence electrons.